The van der Waals surface area contributed by atoms with E-state index in [0.717, 1.165) is 35.2 Å². The zero-order valence-electron chi connectivity index (χ0n) is 19.7. The number of para-hydroxylation sites is 1. The lowest BCUT2D eigenvalue weighted by molar-refractivity contribution is 0.100. The second-order valence-electron chi connectivity index (χ2n) is 8.51. The van der Waals surface area contributed by atoms with E-state index in [2.05, 4.69) is 65.3 Å². The summed E-state index contributed by atoms with van der Waals surface area (Å²) in [6.45, 7) is 3.99. The molecule has 9 heteroatoms. The van der Waals surface area contributed by atoms with E-state index in [1.807, 2.05) is 30.3 Å². The number of primary amides is 1. The maximum Gasteiger partial charge on any atom is 0.250 e. The van der Waals surface area contributed by atoms with Gasteiger partial charge in [-0.15, -0.1) is 0 Å². The number of halogens is 1. The van der Waals surface area contributed by atoms with Crippen LogP contribution in [0.25, 0.3) is 16.7 Å². The van der Waals surface area contributed by atoms with Crippen molar-refractivity contribution < 1.29 is 4.79 Å². The van der Waals surface area contributed by atoms with E-state index in [0.29, 0.717) is 22.4 Å². The Bertz CT molecular complexity index is 1350. The largest absolute Gasteiger partial charge is 0.373 e. The van der Waals surface area contributed by atoms with Gasteiger partial charge >= 0.3 is 0 Å². The Morgan fingerprint density at radius 1 is 1.15 bits per heavy atom. The second kappa shape index (κ2) is 9.70. The summed E-state index contributed by atoms with van der Waals surface area (Å²) in [6, 6.07) is 13.6. The molecule has 2 heterocycles. The van der Waals surface area contributed by atoms with Crippen molar-refractivity contribution in [1.82, 2.24) is 19.4 Å². The highest BCUT2D eigenvalue weighted by Gasteiger charge is 2.17. The molecule has 0 atom stereocenters. The number of nitrogens with one attached hydrogen (secondary N) is 1. The number of aromatic nitrogens is 3. The molecule has 8 nitrogen and oxygen atoms in total. The van der Waals surface area contributed by atoms with Crippen LogP contribution in [0.3, 0.4) is 0 Å². The van der Waals surface area contributed by atoms with E-state index in [9.17, 15) is 4.79 Å². The Balaban J connectivity index is 1.64. The predicted molar refractivity (Wildman–Crippen MR) is 139 cm³/mol. The van der Waals surface area contributed by atoms with Crippen LogP contribution < -0.4 is 16.0 Å². The molecule has 2 aromatic heterocycles. The average Bonchev–Trinajstić information content (AvgIpc) is 3.19. The second-order valence-corrected chi connectivity index (χ2v) is 8.92. The number of nitrogens with two attached hydrogens (primary N) is 1. The van der Waals surface area contributed by atoms with E-state index in [-0.39, 0.29) is 0 Å². The molecule has 0 spiro atoms. The summed E-state index contributed by atoms with van der Waals surface area (Å²) in [4.78, 5) is 25.3. The zero-order chi connectivity index (χ0) is 24.4. The molecule has 0 radical (unpaired) electrons. The van der Waals surface area contributed by atoms with Crippen LogP contribution in [0, 0.1) is 6.92 Å². The van der Waals surface area contributed by atoms with Crippen LogP contribution in [0.5, 0.6) is 0 Å². The van der Waals surface area contributed by atoms with Gasteiger partial charge in [-0.3, -0.25) is 9.36 Å². The lowest BCUT2D eigenvalue weighted by Crippen LogP contribution is -2.28. The minimum Gasteiger partial charge on any atom is -0.373 e. The van der Waals surface area contributed by atoms with Gasteiger partial charge in [0, 0.05) is 43.1 Å². The molecule has 0 unspecified atom stereocenters. The van der Waals surface area contributed by atoms with E-state index in [4.69, 9.17) is 17.3 Å². The Hall–Kier alpha value is -3.62. The van der Waals surface area contributed by atoms with Crippen molar-refractivity contribution in [1.29, 1.82) is 0 Å². The minimum absolute atomic E-state index is 0.358. The van der Waals surface area contributed by atoms with E-state index >= 15 is 0 Å². The molecule has 34 heavy (non-hydrogen) atoms. The Morgan fingerprint density at radius 2 is 1.91 bits per heavy atom. The number of anilines is 3. The standard InChI is InChI=1S/C25H28ClN7O/c1-16-13-17(9-10-21(16)32(4)12-11-31(2)3)29-25-28-14-20(26)24(30-25)33-15-19(23(27)34)18-7-5-6-8-22(18)33/h5-10,13-15H,11-12H2,1-4H3,(H2,27,34)(H,28,29,30). The summed E-state index contributed by atoms with van der Waals surface area (Å²) >= 11 is 6.46. The summed E-state index contributed by atoms with van der Waals surface area (Å²) in [7, 11) is 6.23. The molecule has 0 aliphatic rings. The zero-order valence-corrected chi connectivity index (χ0v) is 20.5. The van der Waals surface area contributed by atoms with E-state index < -0.39 is 5.91 Å². The van der Waals surface area contributed by atoms with Crippen LogP contribution in [0.4, 0.5) is 17.3 Å². The number of carbonyl (C=O) groups excluding carboxylic acids is 1. The Morgan fingerprint density at radius 3 is 2.62 bits per heavy atom. The van der Waals surface area contributed by atoms with Gasteiger partial charge in [-0.1, -0.05) is 29.8 Å². The number of fused-ring (bicyclic) bond motifs is 1. The van der Waals surface area contributed by atoms with E-state index in [1.54, 1.807) is 17.0 Å². The number of amides is 1. The summed E-state index contributed by atoms with van der Waals surface area (Å²) in [5.74, 6) is 0.343. The van der Waals surface area contributed by atoms with Crippen molar-refractivity contribution in [3.8, 4) is 5.82 Å². The van der Waals surface area contributed by atoms with Gasteiger partial charge in [-0.2, -0.15) is 4.98 Å². The lowest BCUT2D eigenvalue weighted by Gasteiger charge is -2.23. The van der Waals surface area contributed by atoms with Gasteiger partial charge in [-0.05, 0) is 50.8 Å². The molecular weight excluding hydrogens is 450 g/mol. The smallest absolute Gasteiger partial charge is 0.250 e. The molecule has 4 rings (SSSR count). The van der Waals surface area contributed by atoms with Gasteiger partial charge in [0.15, 0.2) is 5.82 Å². The number of likely N-dealkylation sites (N-methyl/N-ethyl adjacent to an activating group) is 2. The summed E-state index contributed by atoms with van der Waals surface area (Å²) in [5.41, 5.74) is 9.95. The number of carbonyl (C=O) groups is 1. The fraction of sp³-hybridized carbons (Fsp3) is 0.240. The molecule has 1 amide bonds. The molecule has 4 aromatic rings. The van der Waals surface area contributed by atoms with Gasteiger partial charge in [0.25, 0.3) is 5.91 Å². The molecule has 0 fully saturated rings. The fourth-order valence-corrected chi connectivity index (χ4v) is 4.08. The fourth-order valence-electron chi connectivity index (χ4n) is 3.90. The molecule has 2 aromatic carbocycles. The highest BCUT2D eigenvalue weighted by Crippen LogP contribution is 2.29. The molecule has 0 saturated carbocycles. The average molecular weight is 478 g/mol. The SMILES string of the molecule is Cc1cc(Nc2ncc(Cl)c(-n3cc(C(N)=O)c4ccccc43)n2)ccc1N(C)CCN(C)C. The number of benzene rings is 2. The van der Waals surface area contributed by atoms with Crippen molar-refractivity contribution in [3.05, 3.63) is 71.0 Å². The van der Waals surface area contributed by atoms with Crippen molar-refractivity contribution in [2.45, 2.75) is 6.92 Å². The van der Waals surface area contributed by atoms with Gasteiger partial charge in [0.2, 0.25) is 5.95 Å². The van der Waals surface area contributed by atoms with Crippen molar-refractivity contribution >= 4 is 45.7 Å². The van der Waals surface area contributed by atoms with Gasteiger partial charge < -0.3 is 20.9 Å². The van der Waals surface area contributed by atoms with Crippen LogP contribution in [-0.2, 0) is 0 Å². The topological polar surface area (TPSA) is 92.3 Å². The highest BCUT2D eigenvalue weighted by molar-refractivity contribution is 6.32. The Labute approximate surface area is 204 Å². The van der Waals surface area contributed by atoms with Crippen LogP contribution in [-0.4, -0.2) is 59.6 Å². The maximum absolute atomic E-state index is 12.0. The molecular formula is C25H28ClN7O. The summed E-state index contributed by atoms with van der Waals surface area (Å²) < 4.78 is 1.76. The predicted octanol–water partition coefficient (Wildman–Crippen LogP) is 4.22. The lowest BCUT2D eigenvalue weighted by atomic mass is 10.1. The van der Waals surface area contributed by atoms with Gasteiger partial charge in [-0.25, -0.2) is 4.98 Å². The normalized spacial score (nSPS) is 11.2. The molecule has 0 bridgehead atoms. The van der Waals surface area contributed by atoms with Crippen molar-refractivity contribution in [3.63, 3.8) is 0 Å². The number of nitrogens with zero attached hydrogens (tertiary/aromatic N) is 5. The first-order valence-corrected chi connectivity index (χ1v) is 11.3. The Kier molecular flexibility index (Phi) is 6.72. The molecule has 0 aliphatic heterocycles. The number of rotatable bonds is 8. The van der Waals surface area contributed by atoms with Crippen LogP contribution >= 0.6 is 11.6 Å². The first kappa shape index (κ1) is 23.5. The third-order valence-electron chi connectivity index (χ3n) is 5.68. The van der Waals surface area contributed by atoms with Crippen LogP contribution in [0.2, 0.25) is 5.02 Å². The monoisotopic (exact) mass is 477 g/mol. The number of hydrogen-bond acceptors (Lipinski definition) is 6. The number of hydrogen-bond donors (Lipinski definition) is 2. The van der Waals surface area contributed by atoms with Crippen molar-refractivity contribution in [2.24, 2.45) is 5.73 Å². The van der Waals surface area contributed by atoms with Crippen molar-refractivity contribution in [2.75, 3.05) is 44.4 Å². The third kappa shape index (κ3) is 4.83. The van der Waals surface area contributed by atoms with Crippen LogP contribution in [0.15, 0.2) is 54.9 Å². The molecule has 0 aliphatic carbocycles. The summed E-state index contributed by atoms with van der Waals surface area (Å²) in [6.07, 6.45) is 3.20. The van der Waals surface area contributed by atoms with Crippen LogP contribution in [0.1, 0.15) is 15.9 Å². The maximum atomic E-state index is 12.0. The minimum atomic E-state index is -0.510. The highest BCUT2D eigenvalue weighted by atomic mass is 35.5. The molecule has 0 saturated heterocycles. The quantitative estimate of drug-likeness (QED) is 0.394. The van der Waals surface area contributed by atoms with E-state index in [1.165, 1.54) is 5.69 Å². The summed E-state index contributed by atoms with van der Waals surface area (Å²) in [5, 5.41) is 4.36. The first-order chi connectivity index (χ1) is 16.2. The number of aryl methyl sites for hydroxylation is 1. The molecule has 3 N–H and O–H groups in total. The third-order valence-corrected chi connectivity index (χ3v) is 5.94. The van der Waals surface area contributed by atoms with Gasteiger partial charge in [0.05, 0.1) is 17.3 Å². The van der Waals surface area contributed by atoms with Gasteiger partial charge in [0.1, 0.15) is 5.02 Å². The first-order valence-electron chi connectivity index (χ1n) is 10.9. The molecule has 176 valence electrons.